The Morgan fingerprint density at radius 3 is 2.44 bits per heavy atom. The van der Waals surface area contributed by atoms with Crippen LogP contribution in [-0.4, -0.2) is 30.1 Å². The van der Waals surface area contributed by atoms with E-state index in [-0.39, 0.29) is 18.1 Å². The molecule has 5 nitrogen and oxygen atoms in total. The van der Waals surface area contributed by atoms with Crippen molar-refractivity contribution < 1.29 is 14.3 Å². The largest absolute Gasteiger partial charge is 0.461 e. The van der Waals surface area contributed by atoms with Crippen molar-refractivity contribution in [2.45, 2.75) is 18.9 Å². The van der Waals surface area contributed by atoms with Gasteiger partial charge in [0.1, 0.15) is 6.04 Å². The Balaban J connectivity index is 1.97. The second kappa shape index (κ2) is 7.49. The molecule has 0 radical (unpaired) electrons. The number of halogens is 1. The van der Waals surface area contributed by atoms with Crippen LogP contribution in [0.3, 0.4) is 0 Å². The Labute approximate surface area is 150 Å². The molecule has 25 heavy (non-hydrogen) atoms. The summed E-state index contributed by atoms with van der Waals surface area (Å²) in [5, 5.41) is 4.68. The number of nitrogens with one attached hydrogen (secondary N) is 1. The van der Waals surface area contributed by atoms with Gasteiger partial charge < -0.3 is 4.74 Å². The van der Waals surface area contributed by atoms with Gasteiger partial charge in [-0.05, 0) is 24.6 Å². The maximum Gasteiger partial charge on any atom is 0.355 e. The second-order valence-corrected chi connectivity index (χ2v) is 6.02. The van der Waals surface area contributed by atoms with Gasteiger partial charge in [-0.3, -0.25) is 10.2 Å². The van der Waals surface area contributed by atoms with Crippen molar-refractivity contribution in [1.82, 2.24) is 5.43 Å². The zero-order valence-electron chi connectivity index (χ0n) is 13.6. The Morgan fingerprint density at radius 1 is 1.12 bits per heavy atom. The third kappa shape index (κ3) is 3.56. The Kier molecular flexibility index (Phi) is 5.14. The summed E-state index contributed by atoms with van der Waals surface area (Å²) in [5.41, 5.74) is 4.33. The number of hydrogen-bond acceptors (Lipinski definition) is 5. The van der Waals surface area contributed by atoms with Crippen LogP contribution in [0, 0.1) is 0 Å². The molecule has 1 aliphatic heterocycles. The number of benzene rings is 2. The summed E-state index contributed by atoms with van der Waals surface area (Å²) in [7, 11) is 0. The number of esters is 1. The van der Waals surface area contributed by atoms with Gasteiger partial charge in [0.05, 0.1) is 12.5 Å². The highest BCUT2D eigenvalue weighted by molar-refractivity contribution is 6.40. The summed E-state index contributed by atoms with van der Waals surface area (Å²) in [4.78, 5) is 25.2. The van der Waals surface area contributed by atoms with Crippen LogP contribution >= 0.6 is 11.6 Å². The minimum Gasteiger partial charge on any atom is -0.461 e. The number of carbonyl (C=O) groups is 2. The van der Waals surface area contributed by atoms with Crippen molar-refractivity contribution in [2.75, 3.05) is 6.61 Å². The molecule has 1 aliphatic rings. The summed E-state index contributed by atoms with van der Waals surface area (Å²) in [6.45, 7) is 1.97. The van der Waals surface area contributed by atoms with E-state index in [4.69, 9.17) is 16.3 Å². The molecule has 0 bridgehead atoms. The van der Waals surface area contributed by atoms with Crippen molar-refractivity contribution in [3.05, 3.63) is 70.7 Å². The molecule has 2 atom stereocenters. The number of hydrazone groups is 1. The van der Waals surface area contributed by atoms with Gasteiger partial charge in [-0.25, -0.2) is 4.79 Å². The summed E-state index contributed by atoms with van der Waals surface area (Å²) >= 11 is 5.96. The third-order valence-electron chi connectivity index (χ3n) is 4.01. The van der Waals surface area contributed by atoms with E-state index in [0.29, 0.717) is 10.6 Å². The molecular weight excluding hydrogens is 340 g/mol. The van der Waals surface area contributed by atoms with Crippen LogP contribution in [0.2, 0.25) is 5.02 Å². The van der Waals surface area contributed by atoms with Crippen molar-refractivity contribution in [1.29, 1.82) is 0 Å². The lowest BCUT2D eigenvalue weighted by atomic mass is 9.84. The topological polar surface area (TPSA) is 67.8 Å². The molecule has 1 N–H and O–H groups in total. The van der Waals surface area contributed by atoms with Gasteiger partial charge in [-0.1, -0.05) is 54.1 Å². The summed E-state index contributed by atoms with van der Waals surface area (Å²) in [5.74, 6) is -1.20. The molecule has 0 aliphatic carbocycles. The van der Waals surface area contributed by atoms with Gasteiger partial charge in [-0.2, -0.15) is 5.10 Å². The fourth-order valence-electron chi connectivity index (χ4n) is 2.83. The van der Waals surface area contributed by atoms with Crippen LogP contribution in [0.1, 0.15) is 28.8 Å². The van der Waals surface area contributed by atoms with Crippen LogP contribution in [0.4, 0.5) is 0 Å². The van der Waals surface area contributed by atoms with E-state index < -0.39 is 17.9 Å². The summed E-state index contributed by atoms with van der Waals surface area (Å²) < 4.78 is 5.09. The van der Waals surface area contributed by atoms with Gasteiger partial charge in [-0.15, -0.1) is 0 Å². The molecule has 128 valence electrons. The fraction of sp³-hybridized carbons (Fsp3) is 0.211. The quantitative estimate of drug-likeness (QED) is 0.660. The maximum absolute atomic E-state index is 12.9. The van der Waals surface area contributed by atoms with E-state index >= 15 is 0 Å². The first kappa shape index (κ1) is 17.2. The Hall–Kier alpha value is -2.66. The lowest BCUT2D eigenvalue weighted by Gasteiger charge is -2.20. The molecule has 6 heteroatoms. The first-order valence-corrected chi connectivity index (χ1v) is 8.34. The standard InChI is InChI=1S/C19H17ClN2O3/c1-2-25-19(24)17-15(12-8-10-14(20)11-9-12)16(21-22-17)18(23)13-6-4-3-5-7-13/h3-11,15-16,21H,2H2,1H3/t15-,16+/m0/s1. The number of rotatable bonds is 5. The highest BCUT2D eigenvalue weighted by Crippen LogP contribution is 2.29. The van der Waals surface area contributed by atoms with Gasteiger partial charge in [0.15, 0.2) is 11.5 Å². The van der Waals surface area contributed by atoms with Crippen LogP contribution in [0.25, 0.3) is 0 Å². The van der Waals surface area contributed by atoms with Crippen molar-refractivity contribution in [3.63, 3.8) is 0 Å². The highest BCUT2D eigenvalue weighted by Gasteiger charge is 2.41. The number of nitrogens with zero attached hydrogens (tertiary/aromatic N) is 1. The maximum atomic E-state index is 12.9. The molecule has 2 aromatic rings. The van der Waals surface area contributed by atoms with E-state index in [1.54, 1.807) is 55.5 Å². The van der Waals surface area contributed by atoms with E-state index in [0.717, 1.165) is 5.56 Å². The molecule has 0 fully saturated rings. The van der Waals surface area contributed by atoms with E-state index in [1.165, 1.54) is 0 Å². The molecule has 2 aromatic carbocycles. The molecule has 0 amide bonds. The number of ether oxygens (including phenoxy) is 1. The predicted octanol–water partition coefficient (Wildman–Crippen LogP) is 3.20. The second-order valence-electron chi connectivity index (χ2n) is 5.58. The first-order chi connectivity index (χ1) is 12.1. The van der Waals surface area contributed by atoms with Gasteiger partial charge in [0, 0.05) is 10.6 Å². The lowest BCUT2D eigenvalue weighted by molar-refractivity contribution is -0.135. The van der Waals surface area contributed by atoms with E-state index in [9.17, 15) is 9.59 Å². The minimum atomic E-state index is -0.678. The predicted molar refractivity (Wildman–Crippen MR) is 96.0 cm³/mol. The summed E-state index contributed by atoms with van der Waals surface area (Å²) in [6.07, 6.45) is 0. The molecule has 0 unspecified atom stereocenters. The third-order valence-corrected chi connectivity index (χ3v) is 4.26. The molecule has 0 saturated carbocycles. The monoisotopic (exact) mass is 356 g/mol. The van der Waals surface area contributed by atoms with Gasteiger partial charge in [0.2, 0.25) is 0 Å². The number of Topliss-reactive ketones (excluding diaryl/α,β-unsaturated/α-hetero) is 1. The van der Waals surface area contributed by atoms with Crippen LogP contribution in [0.5, 0.6) is 0 Å². The van der Waals surface area contributed by atoms with Crippen molar-refractivity contribution in [2.24, 2.45) is 5.10 Å². The Bertz CT molecular complexity index is 803. The minimum absolute atomic E-state index is 0.136. The van der Waals surface area contributed by atoms with Crippen molar-refractivity contribution >= 4 is 29.1 Å². The van der Waals surface area contributed by atoms with Crippen LogP contribution < -0.4 is 5.43 Å². The molecular formula is C19H17ClN2O3. The normalized spacial score (nSPS) is 19.0. The van der Waals surface area contributed by atoms with E-state index in [1.807, 2.05) is 6.07 Å². The highest BCUT2D eigenvalue weighted by atomic mass is 35.5. The molecule has 1 heterocycles. The summed E-state index contributed by atoms with van der Waals surface area (Å²) in [6, 6.07) is 15.3. The van der Waals surface area contributed by atoms with Crippen LogP contribution in [-0.2, 0) is 9.53 Å². The number of carbonyl (C=O) groups excluding carboxylic acids is 2. The molecule has 0 spiro atoms. The van der Waals surface area contributed by atoms with Gasteiger partial charge >= 0.3 is 5.97 Å². The molecule has 0 aromatic heterocycles. The van der Waals surface area contributed by atoms with E-state index in [2.05, 4.69) is 10.5 Å². The first-order valence-electron chi connectivity index (χ1n) is 7.96. The SMILES string of the molecule is CCOC(=O)C1=NN[C@@H](C(=O)c2ccccc2)[C@@H]1c1ccc(Cl)cc1. The average Bonchev–Trinajstić information content (AvgIpc) is 3.08. The molecule has 0 saturated heterocycles. The molecule has 3 rings (SSSR count). The van der Waals surface area contributed by atoms with Gasteiger partial charge in [0.25, 0.3) is 0 Å². The zero-order chi connectivity index (χ0) is 17.8. The fourth-order valence-corrected chi connectivity index (χ4v) is 2.96. The average molecular weight is 357 g/mol. The lowest BCUT2D eigenvalue weighted by Crippen LogP contribution is -2.37. The zero-order valence-corrected chi connectivity index (χ0v) is 14.4. The smallest absolute Gasteiger partial charge is 0.355 e. The number of ketones is 1. The van der Waals surface area contributed by atoms with Crippen molar-refractivity contribution in [3.8, 4) is 0 Å². The Morgan fingerprint density at radius 2 is 1.80 bits per heavy atom. The van der Waals surface area contributed by atoms with Crippen LogP contribution in [0.15, 0.2) is 59.7 Å². The number of hydrogen-bond donors (Lipinski definition) is 1.